The van der Waals surface area contributed by atoms with Crippen LogP contribution in [0.25, 0.3) is 0 Å². The van der Waals surface area contributed by atoms with Gasteiger partial charge in [0.2, 0.25) is 0 Å². The third-order valence-electron chi connectivity index (χ3n) is 2.14. The van der Waals surface area contributed by atoms with Crippen molar-refractivity contribution in [2.24, 2.45) is 5.92 Å². The Kier molecular flexibility index (Phi) is 3.82. The van der Waals surface area contributed by atoms with Gasteiger partial charge in [0, 0.05) is 6.42 Å². The number of allylic oxidation sites excluding steroid dienone is 2. The molecule has 0 spiro atoms. The second kappa shape index (κ2) is 4.91. The molecule has 0 N–H and O–H groups in total. The third kappa shape index (κ3) is 3.10. The first-order valence-corrected chi connectivity index (χ1v) is 4.99. The van der Waals surface area contributed by atoms with Crippen LogP contribution in [0, 0.1) is 17.2 Å². The normalized spacial score (nSPS) is 17.4. The molecule has 0 radical (unpaired) electrons. The smallest absolute Gasteiger partial charge is 0.110 e. The molecule has 0 unspecified atom stereocenters. The molecule has 0 saturated heterocycles. The molecule has 13 heavy (non-hydrogen) atoms. The van der Waals surface area contributed by atoms with Crippen molar-refractivity contribution in [1.82, 2.24) is 0 Å². The van der Waals surface area contributed by atoms with Crippen molar-refractivity contribution >= 4 is 0 Å². The van der Waals surface area contributed by atoms with Crippen LogP contribution in [0.4, 0.5) is 0 Å². The molecule has 0 aromatic carbocycles. The van der Waals surface area contributed by atoms with Crippen LogP contribution in [0.2, 0.25) is 0 Å². The van der Waals surface area contributed by atoms with Crippen LogP contribution < -0.4 is 0 Å². The zero-order valence-electron chi connectivity index (χ0n) is 8.47. The largest absolute Gasteiger partial charge is 0.497 e. The van der Waals surface area contributed by atoms with Gasteiger partial charge in [0.15, 0.2) is 0 Å². The van der Waals surface area contributed by atoms with Crippen LogP contribution in [-0.4, -0.2) is 6.61 Å². The van der Waals surface area contributed by atoms with Crippen LogP contribution in [0.15, 0.2) is 11.3 Å². The minimum atomic E-state index is 0.536. The van der Waals surface area contributed by atoms with E-state index in [0.29, 0.717) is 5.92 Å². The number of hydrogen-bond donors (Lipinski definition) is 0. The molecule has 0 saturated carbocycles. The Morgan fingerprint density at radius 3 is 2.69 bits per heavy atom. The molecule has 0 amide bonds. The summed E-state index contributed by atoms with van der Waals surface area (Å²) in [6.07, 6.45) is 4.16. The van der Waals surface area contributed by atoms with Gasteiger partial charge in [-0.2, -0.15) is 5.26 Å². The van der Waals surface area contributed by atoms with Crippen molar-refractivity contribution in [3.05, 3.63) is 11.3 Å². The van der Waals surface area contributed by atoms with Gasteiger partial charge in [-0.15, -0.1) is 0 Å². The lowest BCUT2D eigenvalue weighted by Crippen LogP contribution is -2.07. The summed E-state index contributed by atoms with van der Waals surface area (Å²) < 4.78 is 5.60. The Balaban J connectivity index is 2.54. The first kappa shape index (κ1) is 10.1. The van der Waals surface area contributed by atoms with Crippen molar-refractivity contribution in [1.29, 1.82) is 5.26 Å². The molecule has 1 rings (SSSR count). The van der Waals surface area contributed by atoms with Crippen molar-refractivity contribution in [2.45, 2.75) is 39.5 Å². The lowest BCUT2D eigenvalue weighted by Gasteiger charge is -2.17. The van der Waals surface area contributed by atoms with Crippen molar-refractivity contribution in [3.63, 3.8) is 0 Å². The van der Waals surface area contributed by atoms with Gasteiger partial charge in [-0.3, -0.25) is 0 Å². The topological polar surface area (TPSA) is 33.0 Å². The fourth-order valence-electron chi connectivity index (χ4n) is 1.42. The van der Waals surface area contributed by atoms with E-state index in [2.05, 4.69) is 19.9 Å². The minimum absolute atomic E-state index is 0.536. The molecule has 2 nitrogen and oxygen atoms in total. The summed E-state index contributed by atoms with van der Waals surface area (Å²) in [5.41, 5.74) is 0.868. The van der Waals surface area contributed by atoms with Gasteiger partial charge in [-0.05, 0) is 25.2 Å². The Hall–Kier alpha value is -0.970. The molecule has 1 aliphatic carbocycles. The highest BCUT2D eigenvalue weighted by Crippen LogP contribution is 2.25. The SMILES string of the molecule is CC(C)COC1=C(C#N)CCCC1. The van der Waals surface area contributed by atoms with E-state index in [9.17, 15) is 0 Å². The lowest BCUT2D eigenvalue weighted by atomic mass is 9.99. The van der Waals surface area contributed by atoms with Crippen molar-refractivity contribution in [2.75, 3.05) is 6.61 Å². The van der Waals surface area contributed by atoms with E-state index in [-0.39, 0.29) is 0 Å². The number of ether oxygens (including phenoxy) is 1. The van der Waals surface area contributed by atoms with E-state index in [1.807, 2.05) is 0 Å². The first-order valence-electron chi connectivity index (χ1n) is 4.99. The van der Waals surface area contributed by atoms with Crippen LogP contribution in [0.3, 0.4) is 0 Å². The average molecular weight is 179 g/mol. The first-order chi connectivity index (χ1) is 6.24. The number of hydrogen-bond acceptors (Lipinski definition) is 2. The average Bonchev–Trinajstić information content (AvgIpc) is 2.15. The highest BCUT2D eigenvalue weighted by atomic mass is 16.5. The van der Waals surface area contributed by atoms with E-state index in [1.54, 1.807) is 0 Å². The van der Waals surface area contributed by atoms with Gasteiger partial charge >= 0.3 is 0 Å². The number of rotatable bonds is 3. The molecule has 0 heterocycles. The maximum atomic E-state index is 8.84. The van der Waals surface area contributed by atoms with Crippen LogP contribution in [0.1, 0.15) is 39.5 Å². The Morgan fingerprint density at radius 1 is 1.38 bits per heavy atom. The standard InChI is InChI=1S/C11H17NO/c1-9(2)8-13-11-6-4-3-5-10(11)7-12/h9H,3-6,8H2,1-2H3. The Labute approximate surface area is 80.2 Å². The minimum Gasteiger partial charge on any atom is -0.497 e. The quantitative estimate of drug-likeness (QED) is 0.667. The van der Waals surface area contributed by atoms with Gasteiger partial charge in [-0.25, -0.2) is 0 Å². The summed E-state index contributed by atoms with van der Waals surface area (Å²) in [5.74, 6) is 1.48. The van der Waals surface area contributed by atoms with Gasteiger partial charge in [0.1, 0.15) is 5.76 Å². The summed E-state index contributed by atoms with van der Waals surface area (Å²) in [6, 6.07) is 2.23. The van der Waals surface area contributed by atoms with Gasteiger partial charge in [-0.1, -0.05) is 13.8 Å². The molecule has 2 heteroatoms. The predicted octanol–water partition coefficient (Wildman–Crippen LogP) is 3.01. The maximum absolute atomic E-state index is 8.84. The van der Waals surface area contributed by atoms with Crippen LogP contribution >= 0.6 is 0 Å². The Bertz CT molecular complexity index is 235. The highest BCUT2D eigenvalue weighted by molar-refractivity contribution is 5.26. The highest BCUT2D eigenvalue weighted by Gasteiger charge is 2.13. The van der Waals surface area contributed by atoms with Gasteiger partial charge < -0.3 is 4.74 Å². The molecule has 0 atom stereocenters. The molecule has 0 aromatic rings. The molecular formula is C11H17NO. The van der Waals surface area contributed by atoms with E-state index >= 15 is 0 Å². The lowest BCUT2D eigenvalue weighted by molar-refractivity contribution is 0.163. The summed E-state index contributed by atoms with van der Waals surface area (Å²) >= 11 is 0. The zero-order valence-corrected chi connectivity index (χ0v) is 8.47. The number of nitrogens with zero attached hydrogens (tertiary/aromatic N) is 1. The van der Waals surface area contributed by atoms with Crippen molar-refractivity contribution in [3.8, 4) is 6.07 Å². The second-order valence-corrected chi connectivity index (χ2v) is 3.93. The Morgan fingerprint density at radius 2 is 2.08 bits per heavy atom. The molecule has 1 aliphatic rings. The maximum Gasteiger partial charge on any atom is 0.110 e. The van der Waals surface area contributed by atoms with Gasteiger partial charge in [0.05, 0.1) is 18.2 Å². The second-order valence-electron chi connectivity index (χ2n) is 3.93. The molecular weight excluding hydrogens is 162 g/mol. The summed E-state index contributed by atoms with van der Waals surface area (Å²) in [6.45, 7) is 4.98. The molecule has 0 aliphatic heterocycles. The van der Waals surface area contributed by atoms with Crippen molar-refractivity contribution < 1.29 is 4.74 Å². The molecule has 0 fully saturated rings. The predicted molar refractivity (Wildman–Crippen MR) is 51.9 cm³/mol. The molecule has 72 valence electrons. The summed E-state index contributed by atoms with van der Waals surface area (Å²) in [4.78, 5) is 0. The fraction of sp³-hybridized carbons (Fsp3) is 0.727. The van der Waals surface area contributed by atoms with Crippen LogP contribution in [0.5, 0.6) is 0 Å². The van der Waals surface area contributed by atoms with Gasteiger partial charge in [0.25, 0.3) is 0 Å². The van der Waals surface area contributed by atoms with E-state index in [4.69, 9.17) is 10.00 Å². The monoisotopic (exact) mass is 179 g/mol. The van der Waals surface area contributed by atoms with E-state index in [0.717, 1.165) is 37.2 Å². The van der Waals surface area contributed by atoms with E-state index in [1.165, 1.54) is 6.42 Å². The molecule has 0 bridgehead atoms. The number of nitriles is 1. The zero-order chi connectivity index (χ0) is 9.68. The van der Waals surface area contributed by atoms with E-state index < -0.39 is 0 Å². The summed E-state index contributed by atoms with van der Waals surface area (Å²) in [7, 11) is 0. The third-order valence-corrected chi connectivity index (χ3v) is 2.14. The summed E-state index contributed by atoms with van der Waals surface area (Å²) in [5, 5.41) is 8.84. The molecule has 0 aromatic heterocycles. The van der Waals surface area contributed by atoms with Crippen LogP contribution in [-0.2, 0) is 4.74 Å². The fourth-order valence-corrected chi connectivity index (χ4v) is 1.42.